The van der Waals surface area contributed by atoms with Crippen LogP contribution in [0.2, 0.25) is 0 Å². The molecule has 2 aromatic heterocycles. The molecule has 4 rings (SSSR count). The van der Waals surface area contributed by atoms with Crippen LogP contribution >= 0.6 is 0 Å². The smallest absolute Gasteiger partial charge is 0.152 e. The number of hydrogen-bond donors (Lipinski definition) is 3. The van der Waals surface area contributed by atoms with Gasteiger partial charge in [0.15, 0.2) is 5.84 Å². The highest BCUT2D eigenvalue weighted by Crippen LogP contribution is 2.20. The maximum atomic E-state index is 5.87. The molecule has 140 valence electrons. The number of benzene rings is 2. The molecule has 0 aliphatic heterocycles. The lowest BCUT2D eigenvalue weighted by molar-refractivity contribution is 0.698. The number of amidine groups is 1. The molecule has 0 bridgehead atoms. The molecule has 0 amide bonds. The van der Waals surface area contributed by atoms with Gasteiger partial charge in [0, 0.05) is 24.5 Å². The third kappa shape index (κ3) is 3.70. The Morgan fingerprint density at radius 3 is 2.79 bits per heavy atom. The van der Waals surface area contributed by atoms with Crippen molar-refractivity contribution in [1.29, 1.82) is 0 Å². The Hall–Kier alpha value is -3.71. The second kappa shape index (κ2) is 7.89. The summed E-state index contributed by atoms with van der Waals surface area (Å²) in [4.78, 5) is 8.87. The van der Waals surface area contributed by atoms with Gasteiger partial charge in [-0.1, -0.05) is 42.5 Å². The van der Waals surface area contributed by atoms with Crippen molar-refractivity contribution in [1.82, 2.24) is 20.1 Å². The van der Waals surface area contributed by atoms with Crippen LogP contribution in [0, 0.1) is 0 Å². The molecule has 0 spiro atoms. The third-order valence-corrected chi connectivity index (χ3v) is 4.66. The minimum absolute atomic E-state index is 0.293. The van der Waals surface area contributed by atoms with Crippen LogP contribution in [0.4, 0.5) is 0 Å². The normalized spacial score (nSPS) is 11.7. The lowest BCUT2D eigenvalue weighted by Gasteiger charge is -2.07. The second-order valence-electron chi connectivity index (χ2n) is 6.44. The van der Waals surface area contributed by atoms with Crippen molar-refractivity contribution in [3.05, 3.63) is 84.4 Å². The highest BCUT2D eigenvalue weighted by Gasteiger charge is 2.08. The molecule has 5 N–H and O–H groups in total. The predicted octanol–water partition coefficient (Wildman–Crippen LogP) is 2.42. The van der Waals surface area contributed by atoms with E-state index in [1.807, 2.05) is 18.6 Å². The maximum absolute atomic E-state index is 5.87. The van der Waals surface area contributed by atoms with E-state index in [4.69, 9.17) is 11.6 Å². The molecule has 0 aliphatic carbocycles. The molecule has 0 unspecified atom stereocenters. The largest absolute Gasteiger partial charge is 0.382 e. The molecule has 7 heteroatoms. The molecule has 2 heterocycles. The van der Waals surface area contributed by atoms with Crippen molar-refractivity contribution >= 4 is 16.6 Å². The average molecular weight is 371 g/mol. The second-order valence-corrected chi connectivity index (χ2v) is 6.44. The van der Waals surface area contributed by atoms with E-state index in [2.05, 4.69) is 67.6 Å². The number of hydrazone groups is 1. The standard InChI is InChI=1S/C21H21N7/c22-21(26-27-23)17-8-10-24-19(12-17)20-13-28(14-25-20)11-9-16-6-3-5-15-4-1-2-7-18(15)16/h1-8,10,12-14,27H,9,11,23H2,(H2,22,26). The Bertz CT molecular complexity index is 1130. The topological polar surface area (TPSA) is 107 Å². The van der Waals surface area contributed by atoms with Gasteiger partial charge in [0.2, 0.25) is 0 Å². The van der Waals surface area contributed by atoms with E-state index in [-0.39, 0.29) is 0 Å². The minimum atomic E-state index is 0.293. The molecule has 0 radical (unpaired) electrons. The van der Waals surface area contributed by atoms with E-state index in [1.54, 1.807) is 12.3 Å². The van der Waals surface area contributed by atoms with Crippen LogP contribution in [0.25, 0.3) is 22.2 Å². The number of rotatable bonds is 6. The van der Waals surface area contributed by atoms with Crippen molar-refractivity contribution in [2.75, 3.05) is 0 Å². The Labute approximate surface area is 162 Å². The summed E-state index contributed by atoms with van der Waals surface area (Å²) in [6.45, 7) is 0.835. The quantitative estimate of drug-likeness (QED) is 0.209. The molecule has 0 saturated carbocycles. The number of nitrogens with two attached hydrogens (primary N) is 2. The molecule has 0 aliphatic rings. The van der Waals surface area contributed by atoms with Gasteiger partial charge in [0.25, 0.3) is 0 Å². The summed E-state index contributed by atoms with van der Waals surface area (Å²) in [5.41, 5.74) is 11.6. The van der Waals surface area contributed by atoms with Crippen LogP contribution in [0.15, 0.2) is 78.4 Å². The van der Waals surface area contributed by atoms with Gasteiger partial charge in [-0.05, 0) is 34.9 Å². The van der Waals surface area contributed by atoms with Gasteiger partial charge in [-0.2, -0.15) is 0 Å². The summed E-state index contributed by atoms with van der Waals surface area (Å²) in [5, 5.41) is 6.35. The summed E-state index contributed by atoms with van der Waals surface area (Å²) >= 11 is 0. The number of hydrogen-bond acceptors (Lipinski definition) is 5. The fourth-order valence-corrected chi connectivity index (χ4v) is 3.24. The first-order valence-corrected chi connectivity index (χ1v) is 8.98. The van der Waals surface area contributed by atoms with Crippen LogP contribution < -0.4 is 17.1 Å². The monoisotopic (exact) mass is 371 g/mol. The van der Waals surface area contributed by atoms with Gasteiger partial charge in [0.05, 0.1) is 12.0 Å². The first kappa shape index (κ1) is 17.7. The van der Waals surface area contributed by atoms with Gasteiger partial charge in [0.1, 0.15) is 5.69 Å². The van der Waals surface area contributed by atoms with Gasteiger partial charge in [-0.15, -0.1) is 5.10 Å². The first-order valence-electron chi connectivity index (χ1n) is 8.98. The zero-order valence-corrected chi connectivity index (χ0v) is 15.3. The van der Waals surface area contributed by atoms with Crippen molar-refractivity contribution in [2.45, 2.75) is 13.0 Å². The van der Waals surface area contributed by atoms with Crippen LogP contribution in [-0.2, 0) is 13.0 Å². The number of imidazole rings is 1. The van der Waals surface area contributed by atoms with Crippen molar-refractivity contribution in [3.63, 3.8) is 0 Å². The molecule has 2 aromatic carbocycles. The highest BCUT2D eigenvalue weighted by molar-refractivity contribution is 5.97. The molecular formula is C21H21N7. The molecule has 7 nitrogen and oxygen atoms in total. The molecule has 28 heavy (non-hydrogen) atoms. The van der Waals surface area contributed by atoms with Gasteiger partial charge >= 0.3 is 0 Å². The molecule has 0 saturated heterocycles. The fraction of sp³-hybridized carbons (Fsp3) is 0.0952. The van der Waals surface area contributed by atoms with Crippen LogP contribution in [0.5, 0.6) is 0 Å². The van der Waals surface area contributed by atoms with Crippen molar-refractivity contribution in [3.8, 4) is 11.4 Å². The Balaban J connectivity index is 1.52. The SMILES string of the molecule is NN/N=C(\N)c1ccnc(-c2cn(CCc3cccc4ccccc34)cn2)c1. The number of aromatic nitrogens is 3. The predicted molar refractivity (Wildman–Crippen MR) is 111 cm³/mol. The number of hydrazine groups is 1. The van der Waals surface area contributed by atoms with Crippen molar-refractivity contribution < 1.29 is 0 Å². The number of aryl methyl sites for hydroxylation is 2. The van der Waals surface area contributed by atoms with Gasteiger partial charge < -0.3 is 10.3 Å². The lowest BCUT2D eigenvalue weighted by atomic mass is 10.0. The van der Waals surface area contributed by atoms with Crippen LogP contribution in [-0.4, -0.2) is 20.4 Å². The average Bonchev–Trinajstić information content (AvgIpc) is 3.21. The van der Waals surface area contributed by atoms with Gasteiger partial charge in [-0.3, -0.25) is 4.98 Å². The van der Waals surface area contributed by atoms with Crippen LogP contribution in [0.1, 0.15) is 11.1 Å². The van der Waals surface area contributed by atoms with E-state index < -0.39 is 0 Å². The maximum Gasteiger partial charge on any atom is 0.152 e. The number of fused-ring (bicyclic) bond motifs is 1. The highest BCUT2D eigenvalue weighted by atomic mass is 15.5. The summed E-state index contributed by atoms with van der Waals surface area (Å²) in [7, 11) is 0. The summed E-state index contributed by atoms with van der Waals surface area (Å²) in [6, 6.07) is 18.5. The van der Waals surface area contributed by atoms with Gasteiger partial charge in [-0.25, -0.2) is 16.4 Å². The number of pyridine rings is 1. The summed E-state index contributed by atoms with van der Waals surface area (Å²) in [6.07, 6.45) is 6.42. The zero-order valence-electron chi connectivity index (χ0n) is 15.3. The van der Waals surface area contributed by atoms with E-state index in [1.165, 1.54) is 16.3 Å². The molecule has 0 atom stereocenters. The summed E-state index contributed by atoms with van der Waals surface area (Å²) < 4.78 is 2.07. The summed E-state index contributed by atoms with van der Waals surface area (Å²) in [5.74, 6) is 5.48. The number of nitrogens with zero attached hydrogens (tertiary/aromatic N) is 4. The Kier molecular flexibility index (Phi) is 4.99. The van der Waals surface area contributed by atoms with Crippen molar-refractivity contribution in [2.24, 2.45) is 16.7 Å². The Morgan fingerprint density at radius 1 is 1.04 bits per heavy atom. The fourth-order valence-electron chi connectivity index (χ4n) is 3.24. The first-order chi connectivity index (χ1) is 13.7. The molecular weight excluding hydrogens is 350 g/mol. The van der Waals surface area contributed by atoms with E-state index in [9.17, 15) is 0 Å². The third-order valence-electron chi connectivity index (χ3n) is 4.66. The van der Waals surface area contributed by atoms with E-state index in [0.717, 1.165) is 29.9 Å². The lowest BCUT2D eigenvalue weighted by Crippen LogP contribution is -2.23. The molecule has 4 aromatic rings. The minimum Gasteiger partial charge on any atom is -0.382 e. The Morgan fingerprint density at radius 2 is 1.89 bits per heavy atom. The molecule has 0 fully saturated rings. The van der Waals surface area contributed by atoms with E-state index >= 15 is 0 Å². The zero-order chi connectivity index (χ0) is 19.3. The van der Waals surface area contributed by atoms with Crippen LogP contribution in [0.3, 0.4) is 0 Å². The number of nitrogens with one attached hydrogen (secondary N) is 1. The van der Waals surface area contributed by atoms with E-state index in [0.29, 0.717) is 5.84 Å².